The first-order valence-electron chi connectivity index (χ1n) is 12.9. The van der Waals surface area contributed by atoms with Crippen LogP contribution in [0.1, 0.15) is 16.7 Å². The highest BCUT2D eigenvalue weighted by Crippen LogP contribution is 2.30. The van der Waals surface area contributed by atoms with E-state index in [1.165, 1.54) is 18.3 Å². The molecular weight excluding hydrogens is 576 g/mol. The van der Waals surface area contributed by atoms with Gasteiger partial charge >= 0.3 is 0 Å². The average molecular weight is 605 g/mol. The molecule has 11 heteroatoms. The first-order chi connectivity index (χ1) is 20.1. The van der Waals surface area contributed by atoms with Gasteiger partial charge in [0.2, 0.25) is 0 Å². The van der Waals surface area contributed by atoms with E-state index in [9.17, 15) is 18.0 Å². The fourth-order valence-corrected chi connectivity index (χ4v) is 5.53. The van der Waals surface area contributed by atoms with Crippen LogP contribution in [0.15, 0.2) is 107 Å². The molecule has 0 fully saturated rings. The summed E-state index contributed by atoms with van der Waals surface area (Å²) in [7, 11) is -4.08. The zero-order chi connectivity index (χ0) is 30.1. The Labute approximate surface area is 249 Å². The van der Waals surface area contributed by atoms with Gasteiger partial charge in [0.1, 0.15) is 12.3 Å². The molecule has 0 aliphatic rings. The number of hydrazone groups is 1. The second kappa shape index (κ2) is 13.8. The van der Waals surface area contributed by atoms with Gasteiger partial charge in [-0.2, -0.15) is 5.10 Å². The molecule has 2 N–H and O–H groups in total. The molecule has 2 amide bonds. The predicted octanol–water partition coefficient (Wildman–Crippen LogP) is 5.32. The number of hydrogen-bond donors (Lipinski definition) is 2. The van der Waals surface area contributed by atoms with Crippen molar-refractivity contribution in [3.05, 3.63) is 119 Å². The molecule has 0 aromatic heterocycles. The fourth-order valence-electron chi connectivity index (χ4n) is 3.86. The number of carbonyl (C=O) groups excluding carboxylic acids is 2. The third-order valence-electron chi connectivity index (χ3n) is 6.11. The van der Waals surface area contributed by atoms with Gasteiger partial charge in [0, 0.05) is 10.7 Å². The van der Waals surface area contributed by atoms with E-state index in [-0.39, 0.29) is 23.1 Å². The van der Waals surface area contributed by atoms with Crippen molar-refractivity contribution < 1.29 is 22.7 Å². The molecule has 216 valence electrons. The number of rotatable bonds is 11. The highest BCUT2D eigenvalue weighted by molar-refractivity contribution is 7.92. The van der Waals surface area contributed by atoms with Gasteiger partial charge in [0.15, 0.2) is 6.61 Å². The van der Waals surface area contributed by atoms with Crippen molar-refractivity contribution in [3.8, 4) is 5.75 Å². The van der Waals surface area contributed by atoms with Gasteiger partial charge in [-0.1, -0.05) is 53.6 Å². The largest absolute Gasteiger partial charge is 0.484 e. The third kappa shape index (κ3) is 7.96. The molecule has 4 aromatic carbocycles. The summed E-state index contributed by atoms with van der Waals surface area (Å²) in [5.41, 5.74) is 5.61. The SMILES string of the molecule is Cc1ccc(NC(=O)COc2ccc(/C=N\NC(=O)CN(c3cccc(Cl)c3C)S(=O)(=O)c3ccccc3)cc2)cc1. The molecule has 9 nitrogen and oxygen atoms in total. The van der Waals surface area contributed by atoms with Crippen LogP contribution >= 0.6 is 11.6 Å². The lowest BCUT2D eigenvalue weighted by Gasteiger charge is -2.25. The van der Waals surface area contributed by atoms with Crippen LogP contribution in [-0.2, 0) is 19.6 Å². The maximum Gasteiger partial charge on any atom is 0.264 e. The Hall–Kier alpha value is -4.67. The number of sulfonamides is 1. The van der Waals surface area contributed by atoms with Crippen molar-refractivity contribution in [2.75, 3.05) is 22.8 Å². The lowest BCUT2D eigenvalue weighted by atomic mass is 10.2. The van der Waals surface area contributed by atoms with E-state index >= 15 is 0 Å². The van der Waals surface area contributed by atoms with Crippen LogP contribution in [-0.4, -0.2) is 39.6 Å². The quantitative estimate of drug-likeness (QED) is 0.177. The summed E-state index contributed by atoms with van der Waals surface area (Å²) in [6, 6.07) is 26.9. The summed E-state index contributed by atoms with van der Waals surface area (Å²) in [6.07, 6.45) is 1.41. The number of hydrogen-bond acceptors (Lipinski definition) is 6. The Morgan fingerprint density at radius 2 is 1.57 bits per heavy atom. The number of halogens is 1. The Morgan fingerprint density at radius 3 is 2.26 bits per heavy atom. The number of anilines is 2. The van der Waals surface area contributed by atoms with Gasteiger partial charge in [-0.25, -0.2) is 13.8 Å². The third-order valence-corrected chi connectivity index (χ3v) is 8.30. The first-order valence-corrected chi connectivity index (χ1v) is 14.7. The Morgan fingerprint density at radius 1 is 0.881 bits per heavy atom. The summed E-state index contributed by atoms with van der Waals surface area (Å²) in [5, 5.41) is 7.10. The lowest BCUT2D eigenvalue weighted by Crippen LogP contribution is -2.40. The van der Waals surface area contributed by atoms with Gasteiger partial charge in [-0.05, 0) is 85.6 Å². The van der Waals surface area contributed by atoms with Crippen LogP contribution < -0.4 is 19.8 Å². The molecule has 0 saturated carbocycles. The van der Waals surface area contributed by atoms with E-state index in [1.807, 2.05) is 31.2 Å². The van der Waals surface area contributed by atoms with E-state index < -0.39 is 22.5 Å². The van der Waals surface area contributed by atoms with Gasteiger partial charge in [-0.15, -0.1) is 0 Å². The van der Waals surface area contributed by atoms with Crippen molar-refractivity contribution >= 4 is 51.0 Å². The summed E-state index contributed by atoms with van der Waals surface area (Å²) < 4.78 is 33.5. The van der Waals surface area contributed by atoms with E-state index in [0.717, 1.165) is 9.87 Å². The molecule has 0 unspecified atom stereocenters. The van der Waals surface area contributed by atoms with E-state index in [2.05, 4.69) is 15.8 Å². The Bertz CT molecular complexity index is 1680. The zero-order valence-corrected chi connectivity index (χ0v) is 24.5. The second-order valence-electron chi connectivity index (χ2n) is 9.27. The smallest absolute Gasteiger partial charge is 0.264 e. The standard InChI is InChI=1S/C31H29ClN4O5S/c1-22-11-15-25(16-12-22)34-31(38)21-41-26-17-13-24(14-18-26)19-33-35-30(37)20-36(29-10-6-9-28(32)23(29)2)42(39,40)27-7-4-3-5-8-27/h3-19H,20-21H2,1-2H3,(H,34,38)(H,35,37)/b33-19-. The van der Waals surface area contributed by atoms with Gasteiger partial charge < -0.3 is 10.1 Å². The maximum absolute atomic E-state index is 13.5. The monoisotopic (exact) mass is 604 g/mol. The van der Waals surface area contributed by atoms with Gasteiger partial charge in [0.25, 0.3) is 21.8 Å². The van der Waals surface area contributed by atoms with Gasteiger partial charge in [-0.3, -0.25) is 13.9 Å². The lowest BCUT2D eigenvalue weighted by molar-refractivity contribution is -0.119. The van der Waals surface area contributed by atoms with Crippen molar-refractivity contribution in [1.82, 2.24) is 5.43 Å². The molecule has 0 heterocycles. The van der Waals surface area contributed by atoms with Crippen LogP contribution in [0.2, 0.25) is 5.02 Å². The van der Waals surface area contributed by atoms with Crippen molar-refractivity contribution in [1.29, 1.82) is 0 Å². The number of aryl methyl sites for hydroxylation is 1. The van der Waals surface area contributed by atoms with E-state index in [1.54, 1.807) is 67.6 Å². The molecule has 4 rings (SSSR count). The molecule has 0 atom stereocenters. The number of nitrogens with one attached hydrogen (secondary N) is 2. The van der Waals surface area contributed by atoms with Crippen molar-refractivity contribution in [2.24, 2.45) is 5.10 Å². The van der Waals surface area contributed by atoms with Crippen LogP contribution in [0.3, 0.4) is 0 Å². The van der Waals surface area contributed by atoms with Crippen LogP contribution in [0.4, 0.5) is 11.4 Å². The summed E-state index contributed by atoms with van der Waals surface area (Å²) in [5.74, 6) is -0.456. The predicted molar refractivity (Wildman–Crippen MR) is 165 cm³/mol. The fraction of sp³-hybridized carbons (Fsp3) is 0.129. The van der Waals surface area contributed by atoms with Crippen LogP contribution in [0.5, 0.6) is 5.75 Å². The zero-order valence-electron chi connectivity index (χ0n) is 23.0. The number of benzene rings is 4. The molecule has 0 aliphatic heterocycles. The second-order valence-corrected chi connectivity index (χ2v) is 11.5. The highest BCUT2D eigenvalue weighted by Gasteiger charge is 2.28. The molecule has 0 bridgehead atoms. The van der Waals surface area contributed by atoms with Crippen molar-refractivity contribution in [3.63, 3.8) is 0 Å². The number of ether oxygens (including phenoxy) is 1. The minimum absolute atomic E-state index is 0.0376. The normalized spacial score (nSPS) is 11.2. The maximum atomic E-state index is 13.5. The summed E-state index contributed by atoms with van der Waals surface area (Å²) >= 11 is 6.25. The molecule has 0 radical (unpaired) electrons. The molecule has 0 saturated heterocycles. The van der Waals surface area contributed by atoms with E-state index in [4.69, 9.17) is 16.3 Å². The minimum Gasteiger partial charge on any atom is -0.484 e. The molecule has 42 heavy (non-hydrogen) atoms. The minimum atomic E-state index is -4.08. The van der Waals surface area contributed by atoms with E-state index in [0.29, 0.717) is 27.6 Å². The topological polar surface area (TPSA) is 117 Å². The number of carbonyl (C=O) groups is 2. The molecule has 4 aromatic rings. The summed E-state index contributed by atoms with van der Waals surface area (Å²) in [6.45, 7) is 2.97. The Kier molecular flexibility index (Phi) is 9.95. The van der Waals surface area contributed by atoms with Crippen LogP contribution in [0.25, 0.3) is 0 Å². The average Bonchev–Trinajstić information content (AvgIpc) is 2.99. The van der Waals surface area contributed by atoms with Gasteiger partial charge in [0.05, 0.1) is 16.8 Å². The summed E-state index contributed by atoms with van der Waals surface area (Å²) in [4.78, 5) is 25.0. The highest BCUT2D eigenvalue weighted by atomic mass is 35.5. The molecule has 0 spiro atoms. The first kappa shape index (κ1) is 30.3. The van der Waals surface area contributed by atoms with Crippen molar-refractivity contribution in [2.45, 2.75) is 18.7 Å². The number of amides is 2. The Balaban J connectivity index is 1.36. The molecular formula is C31H29ClN4O5S. The molecule has 0 aliphatic carbocycles. The van der Waals surface area contributed by atoms with Crippen LogP contribution in [0, 0.1) is 13.8 Å². The number of nitrogens with zero attached hydrogens (tertiary/aromatic N) is 2.